The van der Waals surface area contributed by atoms with Crippen LogP contribution in [0.25, 0.3) is 0 Å². The highest BCUT2D eigenvalue weighted by Gasteiger charge is 2.24. The normalized spacial score (nSPS) is 11.4. The molecule has 0 saturated heterocycles. The molecule has 0 unspecified atom stereocenters. The lowest BCUT2D eigenvalue weighted by Crippen LogP contribution is -2.39. The molecule has 1 amide bonds. The van der Waals surface area contributed by atoms with Gasteiger partial charge < -0.3 is 9.64 Å². The maximum Gasteiger partial charge on any atom is 0.243 e. The number of halogens is 1. The second-order valence-corrected chi connectivity index (χ2v) is 7.82. The van der Waals surface area contributed by atoms with Crippen molar-refractivity contribution < 1.29 is 22.3 Å². The van der Waals surface area contributed by atoms with E-state index in [2.05, 4.69) is 0 Å². The first-order valence-corrected chi connectivity index (χ1v) is 9.27. The number of rotatable bonds is 7. The average molecular weight is 380 g/mol. The van der Waals surface area contributed by atoms with Gasteiger partial charge in [-0.3, -0.25) is 4.79 Å². The summed E-state index contributed by atoms with van der Waals surface area (Å²) in [5.41, 5.74) is 0.365. The van der Waals surface area contributed by atoms with Crippen LogP contribution in [0.15, 0.2) is 53.4 Å². The Balaban J connectivity index is 2.05. The van der Waals surface area contributed by atoms with Crippen molar-refractivity contribution in [3.8, 4) is 5.75 Å². The lowest BCUT2D eigenvalue weighted by atomic mass is 10.2. The van der Waals surface area contributed by atoms with Gasteiger partial charge in [0.25, 0.3) is 0 Å². The summed E-state index contributed by atoms with van der Waals surface area (Å²) in [5.74, 6) is -0.313. The molecule has 0 aromatic heterocycles. The number of methoxy groups -OCH3 is 1. The van der Waals surface area contributed by atoms with Gasteiger partial charge in [-0.05, 0) is 30.3 Å². The van der Waals surface area contributed by atoms with E-state index in [1.54, 1.807) is 18.2 Å². The SMILES string of the molecule is COc1ccc(S(=O)(=O)N(C)CC(=O)N(C)Cc2ccccc2F)cc1. The molecule has 6 nitrogen and oxygen atoms in total. The van der Waals surface area contributed by atoms with Crippen LogP contribution >= 0.6 is 0 Å². The second kappa shape index (κ2) is 8.29. The predicted molar refractivity (Wildman–Crippen MR) is 95.7 cm³/mol. The number of ether oxygens (including phenoxy) is 1. The number of carbonyl (C=O) groups excluding carboxylic acids is 1. The highest BCUT2D eigenvalue weighted by atomic mass is 32.2. The Kier molecular flexibility index (Phi) is 6.33. The standard InChI is InChI=1S/C18H21FN2O4S/c1-20(12-14-6-4-5-7-17(14)19)18(22)13-21(2)26(23,24)16-10-8-15(25-3)9-11-16/h4-11H,12-13H2,1-3H3. The zero-order chi connectivity index (χ0) is 19.3. The third-order valence-electron chi connectivity index (χ3n) is 3.92. The number of sulfonamides is 1. The van der Waals surface area contributed by atoms with Crippen LogP contribution in [0, 0.1) is 5.82 Å². The van der Waals surface area contributed by atoms with Crippen molar-refractivity contribution in [1.82, 2.24) is 9.21 Å². The fourth-order valence-corrected chi connectivity index (χ4v) is 3.41. The molecule has 0 heterocycles. The Morgan fingerprint density at radius 1 is 1.08 bits per heavy atom. The molecule has 0 N–H and O–H groups in total. The summed E-state index contributed by atoms with van der Waals surface area (Å²) in [7, 11) is 0.499. The summed E-state index contributed by atoms with van der Waals surface area (Å²) in [6, 6.07) is 12.0. The number of benzene rings is 2. The van der Waals surface area contributed by atoms with Gasteiger partial charge in [-0.15, -0.1) is 0 Å². The summed E-state index contributed by atoms with van der Waals surface area (Å²) in [5, 5.41) is 0. The molecule has 26 heavy (non-hydrogen) atoms. The van der Waals surface area contributed by atoms with Gasteiger partial charge in [0.1, 0.15) is 11.6 Å². The highest BCUT2D eigenvalue weighted by Crippen LogP contribution is 2.18. The van der Waals surface area contributed by atoms with E-state index in [4.69, 9.17) is 4.74 Å². The van der Waals surface area contributed by atoms with Gasteiger partial charge in [0.05, 0.1) is 18.6 Å². The molecular formula is C18H21FN2O4S. The fraction of sp³-hybridized carbons (Fsp3) is 0.278. The van der Waals surface area contributed by atoms with Gasteiger partial charge >= 0.3 is 0 Å². The van der Waals surface area contributed by atoms with Gasteiger partial charge in [-0.1, -0.05) is 18.2 Å². The zero-order valence-corrected chi connectivity index (χ0v) is 15.7. The van der Waals surface area contributed by atoms with Gasteiger partial charge in [-0.25, -0.2) is 12.8 Å². The van der Waals surface area contributed by atoms with Crippen LogP contribution in [0.2, 0.25) is 0 Å². The van der Waals surface area contributed by atoms with Gasteiger partial charge in [0.15, 0.2) is 0 Å². The summed E-state index contributed by atoms with van der Waals surface area (Å²) in [6.07, 6.45) is 0. The molecule has 2 rings (SSSR count). The van der Waals surface area contributed by atoms with Crippen LogP contribution in [0.3, 0.4) is 0 Å². The number of hydrogen-bond donors (Lipinski definition) is 0. The Morgan fingerprint density at radius 2 is 1.69 bits per heavy atom. The molecule has 2 aromatic rings. The van der Waals surface area contributed by atoms with Crippen LogP contribution in [-0.4, -0.2) is 51.3 Å². The topological polar surface area (TPSA) is 66.9 Å². The maximum absolute atomic E-state index is 13.7. The second-order valence-electron chi connectivity index (χ2n) is 5.78. The third-order valence-corrected chi connectivity index (χ3v) is 5.73. The predicted octanol–water partition coefficient (Wildman–Crippen LogP) is 2.11. The quantitative estimate of drug-likeness (QED) is 0.738. The van der Waals surface area contributed by atoms with Crippen LogP contribution in [0.5, 0.6) is 5.75 Å². The maximum atomic E-state index is 13.7. The van der Waals surface area contributed by atoms with E-state index < -0.39 is 21.7 Å². The summed E-state index contributed by atoms with van der Waals surface area (Å²) in [4.78, 5) is 13.7. The van der Waals surface area contributed by atoms with Crippen molar-refractivity contribution in [3.05, 3.63) is 59.9 Å². The van der Waals surface area contributed by atoms with Crippen LogP contribution in [-0.2, 0) is 21.4 Å². The molecule has 0 fully saturated rings. The van der Waals surface area contributed by atoms with E-state index in [0.717, 1.165) is 4.31 Å². The van der Waals surface area contributed by atoms with Crippen LogP contribution < -0.4 is 4.74 Å². The van der Waals surface area contributed by atoms with Crippen molar-refractivity contribution in [1.29, 1.82) is 0 Å². The zero-order valence-electron chi connectivity index (χ0n) is 14.8. The van der Waals surface area contributed by atoms with E-state index in [0.29, 0.717) is 11.3 Å². The number of nitrogens with zero attached hydrogens (tertiary/aromatic N) is 2. The molecule has 0 radical (unpaired) electrons. The van der Waals surface area contributed by atoms with Crippen LogP contribution in [0.4, 0.5) is 4.39 Å². The minimum Gasteiger partial charge on any atom is -0.497 e. The van der Waals surface area contributed by atoms with E-state index >= 15 is 0 Å². The lowest BCUT2D eigenvalue weighted by molar-refractivity contribution is -0.130. The number of amides is 1. The molecule has 2 aromatic carbocycles. The Morgan fingerprint density at radius 3 is 2.27 bits per heavy atom. The molecule has 0 aliphatic carbocycles. The minimum atomic E-state index is -3.82. The Hall–Kier alpha value is -2.45. The van der Waals surface area contributed by atoms with E-state index in [1.807, 2.05) is 0 Å². The van der Waals surface area contributed by atoms with Gasteiger partial charge in [0.2, 0.25) is 15.9 Å². The first-order valence-electron chi connectivity index (χ1n) is 7.83. The van der Waals surface area contributed by atoms with Gasteiger partial charge in [-0.2, -0.15) is 4.31 Å². The largest absolute Gasteiger partial charge is 0.497 e. The molecule has 8 heteroatoms. The summed E-state index contributed by atoms with van der Waals surface area (Å²) in [6.45, 7) is -0.290. The molecule has 0 bridgehead atoms. The Labute approximate surface area is 152 Å². The first kappa shape index (κ1) is 19.9. The summed E-state index contributed by atoms with van der Waals surface area (Å²) < 4.78 is 44.8. The van der Waals surface area contributed by atoms with Crippen molar-refractivity contribution in [2.45, 2.75) is 11.4 Å². The van der Waals surface area contributed by atoms with Crippen molar-refractivity contribution >= 4 is 15.9 Å². The van der Waals surface area contributed by atoms with Crippen molar-refractivity contribution in [2.75, 3.05) is 27.7 Å². The Bertz CT molecular complexity index is 869. The fourth-order valence-electron chi connectivity index (χ4n) is 2.29. The smallest absolute Gasteiger partial charge is 0.243 e. The van der Waals surface area contributed by atoms with Crippen molar-refractivity contribution in [2.24, 2.45) is 0 Å². The summed E-state index contributed by atoms with van der Waals surface area (Å²) >= 11 is 0. The molecule has 0 spiro atoms. The highest BCUT2D eigenvalue weighted by molar-refractivity contribution is 7.89. The average Bonchev–Trinajstić information content (AvgIpc) is 2.63. The van der Waals surface area contributed by atoms with Gasteiger partial charge in [0, 0.05) is 26.2 Å². The van der Waals surface area contributed by atoms with Crippen molar-refractivity contribution in [3.63, 3.8) is 0 Å². The van der Waals surface area contributed by atoms with E-state index in [9.17, 15) is 17.6 Å². The third kappa shape index (κ3) is 4.59. The molecule has 0 atom stereocenters. The number of likely N-dealkylation sites (N-methyl/N-ethyl adjacent to an activating group) is 2. The first-order chi connectivity index (χ1) is 12.3. The molecule has 140 valence electrons. The molecule has 0 aliphatic heterocycles. The molecule has 0 saturated carbocycles. The number of carbonyl (C=O) groups is 1. The van der Waals surface area contributed by atoms with E-state index in [-0.39, 0.29) is 18.0 Å². The molecular weight excluding hydrogens is 359 g/mol. The lowest BCUT2D eigenvalue weighted by Gasteiger charge is -2.22. The number of hydrogen-bond acceptors (Lipinski definition) is 4. The monoisotopic (exact) mass is 380 g/mol. The van der Waals surface area contributed by atoms with E-state index in [1.165, 1.54) is 56.4 Å². The minimum absolute atomic E-state index is 0.0575. The van der Waals surface area contributed by atoms with Crippen LogP contribution in [0.1, 0.15) is 5.56 Å². The molecule has 0 aliphatic rings.